The quantitative estimate of drug-likeness (QED) is 0.609. The summed E-state index contributed by atoms with van der Waals surface area (Å²) in [6.45, 7) is 0. The van der Waals surface area contributed by atoms with Gasteiger partial charge in [0.2, 0.25) is 0 Å². The summed E-state index contributed by atoms with van der Waals surface area (Å²) < 4.78 is 0. The number of carbonyl (C=O) groups excluding carboxylic acids is 1. The van der Waals surface area contributed by atoms with Crippen LogP contribution in [0.5, 0.6) is 0 Å². The van der Waals surface area contributed by atoms with E-state index in [-0.39, 0.29) is 5.78 Å². The minimum atomic E-state index is -0.770. The Labute approximate surface area is 128 Å². The first-order chi connectivity index (χ1) is 9.50. The summed E-state index contributed by atoms with van der Waals surface area (Å²) >= 11 is 12.3. The molecule has 2 nitrogen and oxygen atoms in total. The lowest BCUT2D eigenvalue weighted by Crippen LogP contribution is -2.10. The van der Waals surface area contributed by atoms with E-state index in [9.17, 15) is 4.79 Å². The predicted molar refractivity (Wildman–Crippen MR) is 85.1 cm³/mol. The summed E-state index contributed by atoms with van der Waals surface area (Å²) in [4.78, 5) is 14.3. The van der Waals surface area contributed by atoms with E-state index in [1.54, 1.807) is 24.3 Å². The van der Waals surface area contributed by atoms with Crippen LogP contribution in [0.4, 0.5) is 5.69 Å². The molecule has 0 bridgehead atoms. The number of hydrogen-bond donors (Lipinski definition) is 0. The molecule has 0 aliphatic heterocycles. The second kappa shape index (κ2) is 6.29. The Balaban J connectivity index is 2.25. The highest BCUT2D eigenvalue weighted by Gasteiger charge is 2.21. The molecular formula is C16H15Cl2NO. The van der Waals surface area contributed by atoms with E-state index in [1.165, 1.54) is 0 Å². The lowest BCUT2D eigenvalue weighted by molar-refractivity contribution is 0.0987. The first-order valence-corrected chi connectivity index (χ1v) is 7.02. The van der Waals surface area contributed by atoms with Crippen LogP contribution in [0, 0.1) is 0 Å². The monoisotopic (exact) mass is 307 g/mol. The van der Waals surface area contributed by atoms with E-state index >= 15 is 0 Å². The maximum atomic E-state index is 12.4. The number of hydrogen-bond acceptors (Lipinski definition) is 2. The van der Waals surface area contributed by atoms with Gasteiger partial charge < -0.3 is 4.90 Å². The van der Waals surface area contributed by atoms with Crippen LogP contribution in [-0.4, -0.2) is 19.9 Å². The lowest BCUT2D eigenvalue weighted by atomic mass is 10.0. The first-order valence-electron chi connectivity index (χ1n) is 6.21. The van der Waals surface area contributed by atoms with Crippen LogP contribution in [0.3, 0.4) is 0 Å². The molecule has 0 aliphatic rings. The average molecular weight is 308 g/mol. The Bertz CT molecular complexity index is 608. The van der Waals surface area contributed by atoms with Crippen molar-refractivity contribution < 1.29 is 4.79 Å². The molecule has 2 rings (SSSR count). The zero-order valence-electron chi connectivity index (χ0n) is 11.3. The van der Waals surface area contributed by atoms with Crippen LogP contribution in [0.15, 0.2) is 48.5 Å². The van der Waals surface area contributed by atoms with Gasteiger partial charge in [0.15, 0.2) is 5.78 Å². The number of Topliss-reactive ketones (excluding diaryl/α,β-unsaturated/α-hetero) is 1. The minimum absolute atomic E-state index is 0.148. The van der Waals surface area contributed by atoms with E-state index in [0.29, 0.717) is 16.1 Å². The third-order valence-electron chi connectivity index (χ3n) is 3.08. The summed E-state index contributed by atoms with van der Waals surface area (Å²) in [6, 6.07) is 14.5. The summed E-state index contributed by atoms with van der Waals surface area (Å²) in [7, 11) is 3.90. The lowest BCUT2D eigenvalue weighted by Gasteiger charge is -2.14. The fourth-order valence-corrected chi connectivity index (χ4v) is 2.51. The Morgan fingerprint density at radius 1 is 1.05 bits per heavy atom. The van der Waals surface area contributed by atoms with Crippen LogP contribution in [0.2, 0.25) is 5.02 Å². The molecule has 104 valence electrons. The van der Waals surface area contributed by atoms with Crippen molar-refractivity contribution in [1.29, 1.82) is 0 Å². The first kappa shape index (κ1) is 14.9. The number of rotatable bonds is 4. The van der Waals surface area contributed by atoms with Crippen LogP contribution in [0.1, 0.15) is 21.3 Å². The van der Waals surface area contributed by atoms with Gasteiger partial charge in [-0.25, -0.2) is 0 Å². The molecule has 1 atom stereocenters. The highest BCUT2D eigenvalue weighted by molar-refractivity contribution is 6.37. The SMILES string of the molecule is CN(C)c1ccc(C(=O)C(Cl)c2ccccc2Cl)cc1. The average Bonchev–Trinajstić information content (AvgIpc) is 2.46. The Morgan fingerprint density at radius 2 is 1.65 bits per heavy atom. The predicted octanol–water partition coefficient (Wildman–Crippen LogP) is 4.57. The van der Waals surface area contributed by atoms with E-state index in [2.05, 4.69) is 0 Å². The van der Waals surface area contributed by atoms with Crippen LogP contribution in [-0.2, 0) is 0 Å². The van der Waals surface area contributed by atoms with Crippen LogP contribution < -0.4 is 4.90 Å². The largest absolute Gasteiger partial charge is 0.378 e. The van der Waals surface area contributed by atoms with E-state index in [0.717, 1.165) is 5.69 Å². The van der Waals surface area contributed by atoms with Gasteiger partial charge in [0.25, 0.3) is 0 Å². The number of benzene rings is 2. The van der Waals surface area contributed by atoms with Gasteiger partial charge in [-0.2, -0.15) is 0 Å². The van der Waals surface area contributed by atoms with Gasteiger partial charge in [-0.3, -0.25) is 4.79 Å². The minimum Gasteiger partial charge on any atom is -0.378 e. The summed E-state index contributed by atoms with van der Waals surface area (Å²) in [5.41, 5.74) is 2.25. The number of ketones is 1. The molecule has 0 saturated heterocycles. The van der Waals surface area contributed by atoms with Gasteiger partial charge in [0.1, 0.15) is 5.38 Å². The van der Waals surface area contributed by atoms with Gasteiger partial charge in [-0.05, 0) is 35.9 Å². The third kappa shape index (κ3) is 3.14. The molecule has 0 saturated carbocycles. The van der Waals surface area contributed by atoms with Gasteiger partial charge in [0, 0.05) is 30.4 Å². The summed E-state index contributed by atoms with van der Waals surface area (Å²) in [5.74, 6) is -0.148. The molecule has 0 radical (unpaired) electrons. The highest BCUT2D eigenvalue weighted by Crippen LogP contribution is 2.30. The van der Waals surface area contributed by atoms with Crippen LogP contribution >= 0.6 is 23.2 Å². The number of anilines is 1. The van der Waals surface area contributed by atoms with Crippen molar-refractivity contribution in [3.63, 3.8) is 0 Å². The molecule has 0 amide bonds. The fraction of sp³-hybridized carbons (Fsp3) is 0.188. The number of halogens is 2. The number of carbonyl (C=O) groups is 1. The summed E-state index contributed by atoms with van der Waals surface area (Å²) in [5, 5.41) is -0.264. The molecule has 0 fully saturated rings. The smallest absolute Gasteiger partial charge is 0.185 e. The van der Waals surface area contributed by atoms with Crippen molar-refractivity contribution in [3.05, 3.63) is 64.7 Å². The van der Waals surface area contributed by atoms with Crippen molar-refractivity contribution in [2.45, 2.75) is 5.38 Å². The molecular weight excluding hydrogens is 293 g/mol. The second-order valence-corrected chi connectivity index (χ2v) is 5.53. The van der Waals surface area contributed by atoms with E-state index < -0.39 is 5.38 Å². The zero-order chi connectivity index (χ0) is 14.7. The second-order valence-electron chi connectivity index (χ2n) is 4.69. The molecule has 2 aromatic carbocycles. The van der Waals surface area contributed by atoms with Gasteiger partial charge in [0.05, 0.1) is 0 Å². The van der Waals surface area contributed by atoms with Crippen molar-refractivity contribution in [1.82, 2.24) is 0 Å². The number of nitrogens with zero attached hydrogens (tertiary/aromatic N) is 1. The highest BCUT2D eigenvalue weighted by atomic mass is 35.5. The summed E-state index contributed by atoms with van der Waals surface area (Å²) in [6.07, 6.45) is 0. The van der Waals surface area contributed by atoms with E-state index in [1.807, 2.05) is 43.3 Å². The molecule has 4 heteroatoms. The van der Waals surface area contributed by atoms with Crippen molar-refractivity contribution in [2.24, 2.45) is 0 Å². The normalized spacial score (nSPS) is 12.0. The van der Waals surface area contributed by atoms with Crippen molar-refractivity contribution >= 4 is 34.7 Å². The molecule has 1 unspecified atom stereocenters. The molecule has 0 heterocycles. The molecule has 20 heavy (non-hydrogen) atoms. The maximum absolute atomic E-state index is 12.4. The molecule has 2 aromatic rings. The standard InChI is InChI=1S/C16H15Cl2NO/c1-19(2)12-9-7-11(8-10-12)16(20)15(18)13-5-3-4-6-14(13)17/h3-10,15H,1-2H3. The Kier molecular flexibility index (Phi) is 4.69. The topological polar surface area (TPSA) is 20.3 Å². The third-order valence-corrected chi connectivity index (χ3v) is 3.85. The van der Waals surface area contributed by atoms with Crippen molar-refractivity contribution in [2.75, 3.05) is 19.0 Å². The maximum Gasteiger partial charge on any atom is 0.185 e. The van der Waals surface area contributed by atoms with Gasteiger partial charge in [-0.1, -0.05) is 29.8 Å². The molecule has 0 spiro atoms. The van der Waals surface area contributed by atoms with Gasteiger partial charge >= 0.3 is 0 Å². The molecule has 0 aromatic heterocycles. The zero-order valence-corrected chi connectivity index (χ0v) is 12.8. The Morgan fingerprint density at radius 3 is 2.20 bits per heavy atom. The fourth-order valence-electron chi connectivity index (χ4n) is 1.89. The molecule has 0 aliphatic carbocycles. The van der Waals surface area contributed by atoms with Crippen molar-refractivity contribution in [3.8, 4) is 0 Å². The van der Waals surface area contributed by atoms with E-state index in [4.69, 9.17) is 23.2 Å². The van der Waals surface area contributed by atoms with Gasteiger partial charge in [-0.15, -0.1) is 11.6 Å². The Hall–Kier alpha value is -1.51. The van der Waals surface area contributed by atoms with Crippen LogP contribution in [0.25, 0.3) is 0 Å². The number of alkyl halides is 1. The molecule has 0 N–H and O–H groups in total.